The SMILES string of the molecule is CCOP(=O)(OCC)C(F)(F)c1cc2nc(OCCCS(=O)(=O)N(Cc3ccc(OC)cc3)Cc3ccc(OC)cc3)ncc2cc1Br. The molecule has 0 amide bonds. The molecule has 0 aliphatic heterocycles. The highest BCUT2D eigenvalue weighted by Crippen LogP contribution is 2.67. The van der Waals surface area contributed by atoms with Gasteiger partial charge in [0, 0.05) is 34.7 Å². The number of aromatic nitrogens is 2. The Balaban J connectivity index is 1.48. The van der Waals surface area contributed by atoms with Crippen LogP contribution < -0.4 is 14.2 Å². The van der Waals surface area contributed by atoms with Gasteiger partial charge in [0.25, 0.3) is 0 Å². The normalized spacial score (nSPS) is 12.4. The number of hydrogen-bond donors (Lipinski definition) is 0. The van der Waals surface area contributed by atoms with E-state index in [1.54, 1.807) is 38.5 Å². The first-order valence-electron chi connectivity index (χ1n) is 15.0. The third kappa shape index (κ3) is 9.07. The van der Waals surface area contributed by atoms with Crippen LogP contribution in [0.2, 0.25) is 0 Å². The first kappa shape index (κ1) is 37.6. The van der Waals surface area contributed by atoms with Crippen LogP contribution in [0.3, 0.4) is 0 Å². The molecule has 0 N–H and O–H groups in total. The lowest BCUT2D eigenvalue weighted by atomic mass is 10.1. The van der Waals surface area contributed by atoms with Crippen molar-refractivity contribution in [2.75, 3.05) is 39.8 Å². The van der Waals surface area contributed by atoms with Crippen molar-refractivity contribution in [3.63, 3.8) is 0 Å². The molecule has 48 heavy (non-hydrogen) atoms. The van der Waals surface area contributed by atoms with E-state index in [1.807, 2.05) is 24.3 Å². The van der Waals surface area contributed by atoms with Crippen molar-refractivity contribution < 1.29 is 45.0 Å². The van der Waals surface area contributed by atoms with Crippen molar-refractivity contribution in [1.29, 1.82) is 0 Å². The molecule has 1 heterocycles. The molecule has 0 aliphatic rings. The summed E-state index contributed by atoms with van der Waals surface area (Å²) in [5, 5.41) is 0.409. The number of alkyl halides is 2. The maximum atomic E-state index is 15.5. The molecule has 260 valence electrons. The molecule has 0 unspecified atom stereocenters. The van der Waals surface area contributed by atoms with Gasteiger partial charge in [-0.05, 0) is 67.8 Å². The average molecular weight is 773 g/mol. The zero-order chi connectivity index (χ0) is 35.0. The van der Waals surface area contributed by atoms with Gasteiger partial charge in [0.05, 0.1) is 45.3 Å². The van der Waals surface area contributed by atoms with Crippen molar-refractivity contribution in [3.8, 4) is 17.5 Å². The van der Waals surface area contributed by atoms with Crippen LogP contribution in [0, 0.1) is 0 Å². The lowest BCUT2D eigenvalue weighted by Gasteiger charge is -2.26. The van der Waals surface area contributed by atoms with Gasteiger partial charge in [-0.15, -0.1) is 0 Å². The molecule has 4 rings (SSSR count). The molecule has 0 atom stereocenters. The van der Waals surface area contributed by atoms with E-state index in [0.717, 1.165) is 17.2 Å². The molecular weight excluding hydrogens is 735 g/mol. The van der Waals surface area contributed by atoms with Crippen LogP contribution in [-0.4, -0.2) is 62.5 Å². The minimum absolute atomic E-state index is 0.0315. The average Bonchev–Trinajstić information content (AvgIpc) is 3.07. The van der Waals surface area contributed by atoms with Crippen LogP contribution in [0.15, 0.2) is 71.3 Å². The summed E-state index contributed by atoms with van der Waals surface area (Å²) in [4.78, 5) is 8.36. The van der Waals surface area contributed by atoms with Crippen LogP contribution in [0.25, 0.3) is 10.9 Å². The summed E-state index contributed by atoms with van der Waals surface area (Å²) in [6.45, 7) is 2.61. The van der Waals surface area contributed by atoms with Gasteiger partial charge in [0.1, 0.15) is 11.5 Å². The monoisotopic (exact) mass is 771 g/mol. The second-order valence-electron chi connectivity index (χ2n) is 10.4. The smallest absolute Gasteiger partial charge is 0.404 e. The topological polar surface area (TPSA) is 126 Å². The molecule has 0 fully saturated rings. The molecular formula is C32H37BrF2N3O8PS. The molecule has 0 saturated carbocycles. The van der Waals surface area contributed by atoms with Gasteiger partial charge < -0.3 is 23.3 Å². The van der Waals surface area contributed by atoms with Gasteiger partial charge in [-0.3, -0.25) is 4.57 Å². The van der Waals surface area contributed by atoms with Gasteiger partial charge in [-0.25, -0.2) is 13.4 Å². The third-order valence-corrected chi connectivity index (χ3v) is 11.8. The largest absolute Gasteiger partial charge is 0.497 e. The fourth-order valence-electron chi connectivity index (χ4n) is 4.68. The van der Waals surface area contributed by atoms with E-state index in [2.05, 4.69) is 25.9 Å². The lowest BCUT2D eigenvalue weighted by Crippen LogP contribution is -2.32. The molecule has 0 spiro atoms. The summed E-state index contributed by atoms with van der Waals surface area (Å²) in [5.41, 5.74) is -2.97. The summed E-state index contributed by atoms with van der Waals surface area (Å²) >= 11 is 3.13. The number of nitrogens with zero attached hydrogens (tertiary/aromatic N) is 3. The second-order valence-corrected chi connectivity index (χ2v) is 15.4. The molecule has 11 nitrogen and oxygen atoms in total. The van der Waals surface area contributed by atoms with E-state index in [1.165, 1.54) is 30.4 Å². The predicted octanol–water partition coefficient (Wildman–Crippen LogP) is 7.53. The first-order chi connectivity index (χ1) is 22.9. The molecule has 0 bridgehead atoms. The Bertz CT molecular complexity index is 1770. The van der Waals surface area contributed by atoms with Gasteiger partial charge in [-0.2, -0.15) is 18.1 Å². The van der Waals surface area contributed by atoms with Crippen molar-refractivity contribution >= 4 is 44.5 Å². The highest BCUT2D eigenvalue weighted by molar-refractivity contribution is 9.10. The first-order valence-corrected chi connectivity index (χ1v) is 18.9. The Labute approximate surface area is 287 Å². The fourth-order valence-corrected chi connectivity index (χ4v) is 8.43. The number of hydrogen-bond acceptors (Lipinski definition) is 10. The number of rotatable bonds is 18. The van der Waals surface area contributed by atoms with Gasteiger partial charge in [-0.1, -0.05) is 40.2 Å². The summed E-state index contributed by atoms with van der Waals surface area (Å²) in [7, 11) is -5.53. The Kier molecular flexibility index (Phi) is 12.9. The zero-order valence-electron chi connectivity index (χ0n) is 26.9. The van der Waals surface area contributed by atoms with Crippen LogP contribution >= 0.6 is 23.5 Å². The number of halogens is 3. The van der Waals surface area contributed by atoms with Crippen molar-refractivity contribution in [3.05, 3.63) is 88.0 Å². The minimum atomic E-state index is -4.87. The maximum absolute atomic E-state index is 15.5. The maximum Gasteiger partial charge on any atom is 0.404 e. The third-order valence-electron chi connectivity index (χ3n) is 7.12. The van der Waals surface area contributed by atoms with Gasteiger partial charge in [0.2, 0.25) is 10.0 Å². The molecule has 1 aromatic heterocycles. The number of fused-ring (bicyclic) bond motifs is 1. The zero-order valence-corrected chi connectivity index (χ0v) is 30.2. The number of ether oxygens (including phenoxy) is 3. The molecule has 4 aromatic rings. The lowest BCUT2D eigenvalue weighted by molar-refractivity contribution is 0.0355. The number of methoxy groups -OCH3 is 2. The number of sulfonamides is 1. The van der Waals surface area contributed by atoms with Crippen LogP contribution in [0.4, 0.5) is 8.78 Å². The van der Waals surface area contributed by atoms with Crippen LogP contribution in [0.5, 0.6) is 17.5 Å². The van der Waals surface area contributed by atoms with E-state index in [4.69, 9.17) is 23.3 Å². The van der Waals surface area contributed by atoms with Crippen molar-refractivity contribution in [2.24, 2.45) is 0 Å². The summed E-state index contributed by atoms with van der Waals surface area (Å²) in [6, 6.07) is 16.6. The highest BCUT2D eigenvalue weighted by Gasteiger charge is 2.55. The molecule has 0 radical (unpaired) electrons. The molecule has 3 aromatic carbocycles. The van der Waals surface area contributed by atoms with Crippen molar-refractivity contribution in [1.82, 2.24) is 14.3 Å². The minimum Gasteiger partial charge on any atom is -0.497 e. The van der Waals surface area contributed by atoms with Crippen LogP contribution in [0.1, 0.15) is 37.0 Å². The van der Waals surface area contributed by atoms with E-state index >= 15 is 8.78 Å². The van der Waals surface area contributed by atoms with E-state index in [0.29, 0.717) is 16.9 Å². The molecule has 16 heteroatoms. The second kappa shape index (κ2) is 16.5. The Morgan fingerprint density at radius 1 is 0.896 bits per heavy atom. The predicted molar refractivity (Wildman–Crippen MR) is 181 cm³/mol. The number of benzene rings is 3. The summed E-state index contributed by atoms with van der Waals surface area (Å²) < 4.78 is 98.5. The summed E-state index contributed by atoms with van der Waals surface area (Å²) in [6.07, 6.45) is 1.48. The fraction of sp³-hybridized carbons (Fsp3) is 0.375. The Hall–Kier alpha value is -3.20. The summed E-state index contributed by atoms with van der Waals surface area (Å²) in [5.74, 6) is 1.08. The highest BCUT2D eigenvalue weighted by atomic mass is 79.9. The van der Waals surface area contributed by atoms with E-state index in [-0.39, 0.29) is 61.1 Å². The molecule has 0 aliphatic carbocycles. The van der Waals surface area contributed by atoms with E-state index < -0.39 is 28.8 Å². The van der Waals surface area contributed by atoms with Gasteiger partial charge in [0.15, 0.2) is 0 Å². The Morgan fingerprint density at radius 3 is 1.94 bits per heavy atom. The standard InChI is InChI=1S/C32H37BrF2N3O8PS/c1-5-45-47(39,46-6-2)32(34,35)28-19-30-25(18-29(28)33)20-36-31(37-30)44-16-7-17-48(40,41)38(21-23-8-12-26(42-3)13-9-23)22-24-10-14-27(43-4)15-11-24/h8-15,18-20H,5-7,16-17,21-22H2,1-4H3. The van der Waals surface area contributed by atoms with Crippen LogP contribution in [-0.2, 0) is 42.4 Å². The Morgan fingerprint density at radius 2 is 1.44 bits per heavy atom. The quantitative estimate of drug-likeness (QED) is 0.0741. The van der Waals surface area contributed by atoms with Gasteiger partial charge >= 0.3 is 19.3 Å². The van der Waals surface area contributed by atoms with Crippen molar-refractivity contribution in [2.45, 2.75) is 39.0 Å². The van der Waals surface area contributed by atoms with E-state index in [9.17, 15) is 13.0 Å². The molecule has 0 saturated heterocycles.